The van der Waals surface area contributed by atoms with Crippen LogP contribution in [0.5, 0.6) is 0 Å². The summed E-state index contributed by atoms with van der Waals surface area (Å²) in [5.74, 6) is 0. The van der Waals surface area contributed by atoms with Crippen molar-refractivity contribution < 1.29 is 13.2 Å². The van der Waals surface area contributed by atoms with E-state index >= 15 is 0 Å². The average Bonchev–Trinajstić information content (AvgIpc) is 2.98. The predicted molar refractivity (Wildman–Crippen MR) is 56.0 cm³/mol. The number of nitrogens with one attached hydrogen (secondary N) is 1. The lowest BCUT2D eigenvalue weighted by Gasteiger charge is -2.11. The summed E-state index contributed by atoms with van der Waals surface area (Å²) in [6, 6.07) is 4.50. The van der Waals surface area contributed by atoms with Crippen molar-refractivity contribution in [3.63, 3.8) is 0 Å². The fourth-order valence-corrected chi connectivity index (χ4v) is 1.61. The van der Waals surface area contributed by atoms with E-state index in [1.54, 1.807) is 13.0 Å². The first-order valence-corrected chi connectivity index (χ1v) is 5.37. The molecule has 1 aliphatic rings. The molecule has 0 amide bonds. The summed E-state index contributed by atoms with van der Waals surface area (Å²) in [5, 5.41) is 3.29. The number of halogens is 3. The van der Waals surface area contributed by atoms with Gasteiger partial charge in [0.1, 0.15) is 0 Å². The summed E-state index contributed by atoms with van der Waals surface area (Å²) in [4.78, 5) is 0. The van der Waals surface area contributed by atoms with Gasteiger partial charge in [-0.1, -0.05) is 6.07 Å². The number of hydrogen-bond donors (Lipinski definition) is 1. The van der Waals surface area contributed by atoms with Crippen molar-refractivity contribution in [2.45, 2.75) is 38.5 Å². The lowest BCUT2D eigenvalue weighted by molar-refractivity contribution is -0.137. The van der Waals surface area contributed by atoms with Crippen molar-refractivity contribution in [3.8, 4) is 0 Å². The monoisotopic (exact) mass is 229 g/mol. The molecule has 88 valence electrons. The average molecular weight is 229 g/mol. The Hall–Kier alpha value is -1.03. The number of benzene rings is 1. The van der Waals surface area contributed by atoms with Crippen molar-refractivity contribution in [2.24, 2.45) is 0 Å². The van der Waals surface area contributed by atoms with Crippen LogP contribution in [0.2, 0.25) is 0 Å². The molecule has 1 N–H and O–H groups in total. The third-order valence-corrected chi connectivity index (χ3v) is 2.83. The van der Waals surface area contributed by atoms with Crippen LogP contribution in [0, 0.1) is 6.92 Å². The normalized spacial score (nSPS) is 16.5. The van der Waals surface area contributed by atoms with Gasteiger partial charge in [-0.15, -0.1) is 0 Å². The molecule has 1 aromatic rings. The van der Waals surface area contributed by atoms with Crippen LogP contribution in [0.15, 0.2) is 18.2 Å². The highest BCUT2D eigenvalue weighted by atomic mass is 19.4. The van der Waals surface area contributed by atoms with Crippen LogP contribution < -0.4 is 5.32 Å². The minimum absolute atomic E-state index is 0.569. The highest BCUT2D eigenvalue weighted by Gasteiger charge is 2.30. The van der Waals surface area contributed by atoms with Gasteiger partial charge in [0.05, 0.1) is 5.56 Å². The van der Waals surface area contributed by atoms with Gasteiger partial charge in [-0.3, -0.25) is 0 Å². The zero-order chi connectivity index (χ0) is 11.8. The van der Waals surface area contributed by atoms with Crippen LogP contribution in [0.3, 0.4) is 0 Å². The Morgan fingerprint density at radius 2 is 2.00 bits per heavy atom. The first-order valence-electron chi connectivity index (χ1n) is 5.37. The molecule has 4 heteroatoms. The van der Waals surface area contributed by atoms with Crippen molar-refractivity contribution in [1.82, 2.24) is 5.32 Å². The third-order valence-electron chi connectivity index (χ3n) is 2.83. The van der Waals surface area contributed by atoms with Gasteiger partial charge in [0.15, 0.2) is 0 Å². The van der Waals surface area contributed by atoms with Gasteiger partial charge in [0, 0.05) is 12.6 Å². The molecule has 16 heavy (non-hydrogen) atoms. The fourth-order valence-electron chi connectivity index (χ4n) is 1.61. The topological polar surface area (TPSA) is 12.0 Å². The van der Waals surface area contributed by atoms with Crippen LogP contribution in [-0.4, -0.2) is 6.04 Å². The Kier molecular flexibility index (Phi) is 2.93. The molecule has 1 aliphatic carbocycles. The summed E-state index contributed by atoms with van der Waals surface area (Å²) in [5.41, 5.74) is 1.07. The first-order chi connectivity index (χ1) is 7.47. The van der Waals surface area contributed by atoms with Crippen LogP contribution in [0.1, 0.15) is 29.5 Å². The molecule has 0 aromatic heterocycles. The number of aryl methyl sites for hydroxylation is 1. The maximum absolute atomic E-state index is 12.4. The standard InChI is InChI=1S/C12H14F3N/c1-8-6-10(12(13,14)15)3-2-9(8)7-16-11-4-5-11/h2-3,6,11,16H,4-5,7H2,1H3. The Morgan fingerprint density at radius 1 is 1.31 bits per heavy atom. The molecule has 0 unspecified atom stereocenters. The van der Waals surface area contributed by atoms with E-state index in [9.17, 15) is 13.2 Å². The summed E-state index contributed by atoms with van der Waals surface area (Å²) in [6.45, 7) is 2.38. The summed E-state index contributed by atoms with van der Waals surface area (Å²) >= 11 is 0. The Morgan fingerprint density at radius 3 is 2.50 bits per heavy atom. The van der Waals surface area contributed by atoms with E-state index in [-0.39, 0.29) is 0 Å². The number of hydrogen-bond acceptors (Lipinski definition) is 1. The van der Waals surface area contributed by atoms with E-state index in [2.05, 4.69) is 5.32 Å². The van der Waals surface area contributed by atoms with Crippen LogP contribution in [0.25, 0.3) is 0 Å². The molecule has 0 radical (unpaired) electrons. The zero-order valence-corrected chi connectivity index (χ0v) is 9.06. The van der Waals surface area contributed by atoms with Crippen LogP contribution in [0.4, 0.5) is 13.2 Å². The summed E-state index contributed by atoms with van der Waals surface area (Å²) < 4.78 is 37.2. The zero-order valence-electron chi connectivity index (χ0n) is 9.06. The van der Waals surface area contributed by atoms with E-state index in [0.717, 1.165) is 11.6 Å². The van der Waals surface area contributed by atoms with Crippen molar-refractivity contribution in [2.75, 3.05) is 0 Å². The highest BCUT2D eigenvalue weighted by Crippen LogP contribution is 2.30. The molecule has 0 aliphatic heterocycles. The maximum Gasteiger partial charge on any atom is 0.416 e. The third kappa shape index (κ3) is 2.76. The van der Waals surface area contributed by atoms with Crippen molar-refractivity contribution in [1.29, 1.82) is 0 Å². The molecule has 0 spiro atoms. The van der Waals surface area contributed by atoms with Crippen LogP contribution in [-0.2, 0) is 12.7 Å². The van der Waals surface area contributed by atoms with E-state index in [4.69, 9.17) is 0 Å². The lowest BCUT2D eigenvalue weighted by atomic mass is 10.0. The van der Waals surface area contributed by atoms with E-state index in [0.29, 0.717) is 18.2 Å². The maximum atomic E-state index is 12.4. The molecule has 0 heterocycles. The quantitative estimate of drug-likeness (QED) is 0.838. The van der Waals surface area contributed by atoms with Crippen LogP contribution >= 0.6 is 0 Å². The molecular formula is C12H14F3N. The van der Waals surface area contributed by atoms with Gasteiger partial charge in [-0.05, 0) is 43.0 Å². The van der Waals surface area contributed by atoms with Gasteiger partial charge < -0.3 is 5.32 Å². The van der Waals surface area contributed by atoms with Crippen molar-refractivity contribution >= 4 is 0 Å². The SMILES string of the molecule is Cc1cc(C(F)(F)F)ccc1CNC1CC1. The van der Waals surface area contributed by atoms with E-state index in [1.807, 2.05) is 0 Å². The van der Waals surface area contributed by atoms with E-state index in [1.165, 1.54) is 18.9 Å². The van der Waals surface area contributed by atoms with Crippen molar-refractivity contribution in [3.05, 3.63) is 34.9 Å². The number of rotatable bonds is 3. The molecule has 0 saturated heterocycles. The molecule has 0 atom stereocenters. The minimum atomic E-state index is -4.24. The van der Waals surface area contributed by atoms with Gasteiger partial charge in [-0.2, -0.15) is 13.2 Å². The summed E-state index contributed by atoms with van der Waals surface area (Å²) in [7, 11) is 0. The van der Waals surface area contributed by atoms with E-state index < -0.39 is 11.7 Å². The molecule has 2 rings (SSSR count). The fraction of sp³-hybridized carbons (Fsp3) is 0.500. The molecule has 1 fully saturated rings. The Labute approximate surface area is 92.7 Å². The molecule has 1 aromatic carbocycles. The second kappa shape index (κ2) is 4.09. The predicted octanol–water partition coefficient (Wildman–Crippen LogP) is 3.27. The summed E-state index contributed by atoms with van der Waals surface area (Å²) in [6.07, 6.45) is -1.88. The largest absolute Gasteiger partial charge is 0.416 e. The van der Waals surface area contributed by atoms with Gasteiger partial charge in [-0.25, -0.2) is 0 Å². The second-order valence-corrected chi connectivity index (χ2v) is 4.29. The molecule has 1 nitrogen and oxygen atoms in total. The minimum Gasteiger partial charge on any atom is -0.310 e. The number of alkyl halides is 3. The first kappa shape index (κ1) is 11.5. The van der Waals surface area contributed by atoms with Gasteiger partial charge >= 0.3 is 6.18 Å². The Bertz CT molecular complexity index is 380. The van der Waals surface area contributed by atoms with Gasteiger partial charge in [0.25, 0.3) is 0 Å². The Balaban J connectivity index is 2.09. The second-order valence-electron chi connectivity index (χ2n) is 4.29. The smallest absolute Gasteiger partial charge is 0.310 e. The highest BCUT2D eigenvalue weighted by molar-refractivity contribution is 5.32. The van der Waals surface area contributed by atoms with Gasteiger partial charge in [0.2, 0.25) is 0 Å². The molecule has 1 saturated carbocycles. The lowest BCUT2D eigenvalue weighted by Crippen LogP contribution is -2.16. The molecular weight excluding hydrogens is 215 g/mol. The molecule has 0 bridgehead atoms.